The molecule has 1 aromatic rings. The third-order valence-electron chi connectivity index (χ3n) is 5.77. The number of hydrogen-bond acceptors (Lipinski definition) is 1. The summed E-state index contributed by atoms with van der Waals surface area (Å²) in [5.41, 5.74) is 2.12. The van der Waals surface area contributed by atoms with E-state index in [2.05, 4.69) is 86.0 Å². The molecule has 2 rings (SSSR count). The average molecular weight is 354 g/mol. The summed E-state index contributed by atoms with van der Waals surface area (Å²) in [6.45, 7) is 14.8. The summed E-state index contributed by atoms with van der Waals surface area (Å²) < 4.78 is 1.15. The van der Waals surface area contributed by atoms with E-state index in [1.807, 2.05) is 0 Å². The van der Waals surface area contributed by atoms with Gasteiger partial charge in [0.15, 0.2) is 8.24 Å². The van der Waals surface area contributed by atoms with Gasteiger partial charge >= 0.3 is 0 Å². The first-order chi connectivity index (χ1) is 9.24. The third-order valence-corrected chi connectivity index (χ3v) is 9.94. The van der Waals surface area contributed by atoms with E-state index < -0.39 is 8.24 Å². The maximum absolute atomic E-state index is 3.91. The van der Waals surface area contributed by atoms with E-state index in [1.54, 1.807) is 0 Å². The summed E-state index contributed by atoms with van der Waals surface area (Å²) in [4.78, 5) is 3.91. The van der Waals surface area contributed by atoms with E-state index in [4.69, 9.17) is 0 Å². The van der Waals surface area contributed by atoms with Crippen LogP contribution in [0.25, 0.3) is 0 Å². The third kappa shape index (κ3) is 2.99. The molecule has 0 amide bonds. The second-order valence-corrected chi connectivity index (χ2v) is 12.6. The summed E-state index contributed by atoms with van der Waals surface area (Å²) in [6.07, 6.45) is 0. The molecule has 1 aliphatic carbocycles. The van der Waals surface area contributed by atoms with Crippen LogP contribution in [-0.2, 0) is 0 Å². The lowest BCUT2D eigenvalue weighted by Gasteiger charge is -2.37. The minimum atomic E-state index is -1.50. The van der Waals surface area contributed by atoms with Crippen molar-refractivity contribution in [3.05, 3.63) is 28.7 Å². The fraction of sp³-hybridized carbons (Fsp3) is 0.647. The van der Waals surface area contributed by atoms with Gasteiger partial charge in [0.1, 0.15) is 0 Å². The Morgan fingerprint density at radius 2 is 1.30 bits per heavy atom. The summed E-state index contributed by atoms with van der Waals surface area (Å²) >= 11 is 3.51. The van der Waals surface area contributed by atoms with E-state index in [-0.39, 0.29) is 0 Å². The molecule has 1 aromatic carbocycles. The van der Waals surface area contributed by atoms with E-state index in [0.29, 0.717) is 0 Å². The zero-order chi connectivity index (χ0) is 15.1. The minimum Gasteiger partial charge on any atom is -0.410 e. The van der Waals surface area contributed by atoms with Crippen molar-refractivity contribution in [1.82, 2.24) is 0 Å². The van der Waals surface area contributed by atoms with Gasteiger partial charge in [0, 0.05) is 10.2 Å². The van der Waals surface area contributed by atoms with Gasteiger partial charge in [0.2, 0.25) is 0 Å². The predicted octanol–water partition coefficient (Wildman–Crippen LogP) is 5.99. The standard InChI is InChI=1S/C17H28BrNSi/c1-11-12(2)14(4)17(13(11)3)20(5,6)19-16-9-7-15(18)8-10-16/h7-14,17,19H,1-6H3. The summed E-state index contributed by atoms with van der Waals surface area (Å²) in [6, 6.07) is 8.63. The van der Waals surface area contributed by atoms with Crippen molar-refractivity contribution in [3.8, 4) is 0 Å². The van der Waals surface area contributed by atoms with Crippen molar-refractivity contribution < 1.29 is 0 Å². The molecular formula is C17H28BrNSi. The highest BCUT2D eigenvalue weighted by Crippen LogP contribution is 2.53. The van der Waals surface area contributed by atoms with Gasteiger partial charge in [-0.15, -0.1) is 0 Å². The molecule has 1 aliphatic rings. The van der Waals surface area contributed by atoms with E-state index in [0.717, 1.165) is 33.7 Å². The van der Waals surface area contributed by atoms with Crippen molar-refractivity contribution in [2.24, 2.45) is 23.7 Å². The molecule has 1 fully saturated rings. The molecule has 4 atom stereocenters. The lowest BCUT2D eigenvalue weighted by atomic mass is 9.92. The van der Waals surface area contributed by atoms with Crippen LogP contribution in [0.2, 0.25) is 18.6 Å². The van der Waals surface area contributed by atoms with Crippen LogP contribution in [0, 0.1) is 23.7 Å². The monoisotopic (exact) mass is 353 g/mol. The molecule has 0 bridgehead atoms. The quantitative estimate of drug-likeness (QED) is 0.657. The first-order valence-electron chi connectivity index (χ1n) is 7.78. The van der Waals surface area contributed by atoms with Gasteiger partial charge in [-0.3, -0.25) is 0 Å². The number of halogens is 1. The maximum Gasteiger partial charge on any atom is 0.151 e. The van der Waals surface area contributed by atoms with Crippen LogP contribution in [0.15, 0.2) is 28.7 Å². The minimum absolute atomic E-state index is 0.824. The largest absolute Gasteiger partial charge is 0.410 e. The lowest BCUT2D eigenvalue weighted by Crippen LogP contribution is -2.45. The SMILES string of the molecule is CC1C(C)C(C)C([Si](C)(C)Nc2ccc(Br)cc2)C1C. The lowest BCUT2D eigenvalue weighted by molar-refractivity contribution is 0.352. The highest BCUT2D eigenvalue weighted by Gasteiger charge is 2.49. The highest BCUT2D eigenvalue weighted by atomic mass is 79.9. The molecule has 1 saturated carbocycles. The van der Waals surface area contributed by atoms with E-state index in [9.17, 15) is 0 Å². The van der Waals surface area contributed by atoms with Gasteiger partial charge in [-0.25, -0.2) is 0 Å². The van der Waals surface area contributed by atoms with Crippen molar-refractivity contribution in [1.29, 1.82) is 0 Å². The smallest absolute Gasteiger partial charge is 0.151 e. The Balaban J connectivity index is 2.19. The van der Waals surface area contributed by atoms with Gasteiger partial charge in [0.25, 0.3) is 0 Å². The fourth-order valence-corrected chi connectivity index (χ4v) is 8.97. The number of hydrogen-bond donors (Lipinski definition) is 1. The Kier molecular flexibility index (Phi) is 4.70. The molecule has 3 heteroatoms. The molecule has 1 N–H and O–H groups in total. The Labute approximate surface area is 133 Å². The van der Waals surface area contributed by atoms with Gasteiger partial charge in [-0.1, -0.05) is 56.7 Å². The van der Waals surface area contributed by atoms with Gasteiger partial charge in [-0.2, -0.15) is 0 Å². The molecule has 0 aromatic heterocycles. The number of anilines is 1. The first kappa shape index (κ1) is 16.1. The molecule has 0 heterocycles. The predicted molar refractivity (Wildman–Crippen MR) is 95.7 cm³/mol. The first-order valence-corrected chi connectivity index (χ1v) is 11.6. The summed E-state index contributed by atoms with van der Waals surface area (Å²) in [5.74, 6) is 3.33. The molecule has 0 radical (unpaired) electrons. The van der Waals surface area contributed by atoms with Crippen molar-refractivity contribution in [2.45, 2.75) is 46.3 Å². The zero-order valence-corrected chi connectivity index (χ0v) is 16.2. The van der Waals surface area contributed by atoms with Crippen LogP contribution < -0.4 is 4.98 Å². The maximum atomic E-state index is 3.91. The van der Waals surface area contributed by atoms with Crippen LogP contribution in [0.1, 0.15) is 27.7 Å². The number of nitrogens with one attached hydrogen (secondary N) is 1. The highest BCUT2D eigenvalue weighted by molar-refractivity contribution is 9.10. The van der Waals surface area contributed by atoms with Crippen molar-refractivity contribution in [2.75, 3.05) is 4.98 Å². The molecule has 0 saturated heterocycles. The zero-order valence-electron chi connectivity index (χ0n) is 13.6. The van der Waals surface area contributed by atoms with E-state index in [1.165, 1.54) is 5.69 Å². The van der Waals surface area contributed by atoms with Crippen LogP contribution in [0.4, 0.5) is 5.69 Å². The fourth-order valence-electron chi connectivity index (χ4n) is 4.39. The second-order valence-electron chi connectivity index (χ2n) is 7.32. The molecule has 112 valence electrons. The average Bonchev–Trinajstić information content (AvgIpc) is 2.57. The van der Waals surface area contributed by atoms with Crippen molar-refractivity contribution >= 4 is 29.9 Å². The summed E-state index contributed by atoms with van der Waals surface area (Å²) in [5, 5.41) is 0. The normalized spacial score (nSPS) is 34.2. The van der Waals surface area contributed by atoms with Crippen molar-refractivity contribution in [3.63, 3.8) is 0 Å². The van der Waals surface area contributed by atoms with Gasteiger partial charge < -0.3 is 4.98 Å². The molecule has 0 spiro atoms. The Morgan fingerprint density at radius 3 is 1.75 bits per heavy atom. The molecular weight excluding hydrogens is 326 g/mol. The van der Waals surface area contributed by atoms with E-state index >= 15 is 0 Å². The van der Waals surface area contributed by atoms with Crippen LogP contribution in [-0.4, -0.2) is 8.24 Å². The van der Waals surface area contributed by atoms with Crippen LogP contribution in [0.3, 0.4) is 0 Å². The molecule has 1 nitrogen and oxygen atoms in total. The molecule has 4 unspecified atom stereocenters. The number of benzene rings is 1. The second kappa shape index (κ2) is 5.84. The van der Waals surface area contributed by atoms with Crippen LogP contribution >= 0.6 is 15.9 Å². The Bertz CT molecular complexity index is 443. The summed E-state index contributed by atoms with van der Waals surface area (Å²) in [7, 11) is -1.50. The Morgan fingerprint density at radius 1 is 0.850 bits per heavy atom. The van der Waals surface area contributed by atoms with Gasteiger partial charge in [-0.05, 0) is 53.5 Å². The van der Waals surface area contributed by atoms with Gasteiger partial charge in [0.05, 0.1) is 0 Å². The number of rotatable bonds is 3. The topological polar surface area (TPSA) is 12.0 Å². The Hall–Kier alpha value is -0.283. The van der Waals surface area contributed by atoms with Crippen LogP contribution in [0.5, 0.6) is 0 Å². The molecule has 20 heavy (non-hydrogen) atoms. The molecule has 0 aliphatic heterocycles.